The lowest BCUT2D eigenvalue weighted by molar-refractivity contribution is 0.114. The predicted molar refractivity (Wildman–Crippen MR) is 88.5 cm³/mol. The van der Waals surface area contributed by atoms with Crippen LogP contribution < -0.4 is 5.32 Å². The number of urea groups is 1. The number of hydrogen-bond donors (Lipinski definition) is 2. The van der Waals surface area contributed by atoms with Gasteiger partial charge in [0, 0.05) is 12.6 Å². The monoisotopic (exact) mass is 320 g/mol. The Morgan fingerprint density at radius 2 is 1.87 bits per heavy atom. The average Bonchev–Trinajstić information content (AvgIpc) is 2.99. The summed E-state index contributed by atoms with van der Waals surface area (Å²) in [5, 5.41) is 13.4. The molecule has 2 amide bonds. The van der Waals surface area contributed by atoms with Gasteiger partial charge in [0.1, 0.15) is 5.82 Å². The zero-order valence-electron chi connectivity index (χ0n) is 13.7. The topological polar surface area (TPSA) is 52.6 Å². The van der Waals surface area contributed by atoms with Crippen LogP contribution in [0.1, 0.15) is 38.4 Å². The van der Waals surface area contributed by atoms with Crippen LogP contribution in [0, 0.1) is 11.7 Å². The molecule has 1 unspecified atom stereocenters. The number of nitrogens with zero attached hydrogens (tertiary/aromatic N) is 1. The van der Waals surface area contributed by atoms with Crippen LogP contribution in [-0.4, -0.2) is 35.2 Å². The average molecular weight is 320 g/mol. The van der Waals surface area contributed by atoms with Crippen LogP contribution in [0.4, 0.5) is 9.18 Å². The van der Waals surface area contributed by atoms with E-state index in [2.05, 4.69) is 17.5 Å². The van der Waals surface area contributed by atoms with Crippen LogP contribution >= 0.6 is 0 Å². The molecule has 0 heterocycles. The van der Waals surface area contributed by atoms with Gasteiger partial charge >= 0.3 is 6.03 Å². The minimum Gasteiger partial charge on any atom is -0.387 e. The summed E-state index contributed by atoms with van der Waals surface area (Å²) >= 11 is 0. The number of nitrogens with one attached hydrogen (secondary N) is 1. The first kappa shape index (κ1) is 17.5. The number of amides is 2. The number of halogens is 1. The van der Waals surface area contributed by atoms with Crippen LogP contribution in [-0.2, 0) is 0 Å². The van der Waals surface area contributed by atoms with Crippen molar-refractivity contribution in [3.63, 3.8) is 0 Å². The van der Waals surface area contributed by atoms with E-state index in [1.54, 1.807) is 17.0 Å². The normalized spacial score (nSPS) is 15.9. The minimum absolute atomic E-state index is 0.139. The number of hydrogen-bond acceptors (Lipinski definition) is 2. The summed E-state index contributed by atoms with van der Waals surface area (Å²) in [6.07, 6.45) is 4.99. The standard InChI is InChI=1S/C18H25FN2O2/c1-13(2)11-21(18(23)20-16-5-3-4-6-16)12-17(22)14-7-9-15(19)10-8-14/h3-4,7-10,13,16-17,22H,5-6,11-12H2,1-2H3,(H,20,23). The van der Waals surface area contributed by atoms with Gasteiger partial charge in [0.15, 0.2) is 0 Å². The van der Waals surface area contributed by atoms with E-state index in [4.69, 9.17) is 0 Å². The summed E-state index contributed by atoms with van der Waals surface area (Å²) in [6, 6.07) is 5.71. The van der Waals surface area contributed by atoms with E-state index < -0.39 is 6.10 Å². The van der Waals surface area contributed by atoms with Gasteiger partial charge in [-0.15, -0.1) is 0 Å². The van der Waals surface area contributed by atoms with Gasteiger partial charge in [-0.25, -0.2) is 9.18 Å². The molecule has 1 aromatic rings. The van der Waals surface area contributed by atoms with E-state index in [0.29, 0.717) is 18.0 Å². The fraction of sp³-hybridized carbons (Fsp3) is 0.500. The highest BCUT2D eigenvalue weighted by atomic mass is 19.1. The summed E-state index contributed by atoms with van der Waals surface area (Å²) in [5.74, 6) is -0.0469. The molecule has 1 aliphatic rings. The lowest BCUT2D eigenvalue weighted by Gasteiger charge is -2.28. The van der Waals surface area contributed by atoms with Gasteiger partial charge in [0.05, 0.1) is 12.6 Å². The molecule has 0 fully saturated rings. The fourth-order valence-electron chi connectivity index (χ4n) is 2.68. The Kier molecular flexibility index (Phi) is 6.16. The van der Waals surface area contributed by atoms with Crippen molar-refractivity contribution >= 4 is 6.03 Å². The van der Waals surface area contributed by atoms with Gasteiger partial charge < -0.3 is 15.3 Å². The Morgan fingerprint density at radius 1 is 1.26 bits per heavy atom. The van der Waals surface area contributed by atoms with Gasteiger partial charge in [0.25, 0.3) is 0 Å². The summed E-state index contributed by atoms with van der Waals surface area (Å²) in [4.78, 5) is 14.1. The highest BCUT2D eigenvalue weighted by Crippen LogP contribution is 2.17. The van der Waals surface area contributed by atoms with Crippen molar-refractivity contribution in [2.24, 2.45) is 5.92 Å². The molecular formula is C18H25FN2O2. The Labute approximate surface area is 137 Å². The zero-order chi connectivity index (χ0) is 16.8. The van der Waals surface area contributed by atoms with E-state index in [1.807, 2.05) is 13.8 Å². The van der Waals surface area contributed by atoms with Crippen molar-refractivity contribution in [1.82, 2.24) is 10.2 Å². The highest BCUT2D eigenvalue weighted by molar-refractivity contribution is 5.74. The van der Waals surface area contributed by atoms with Crippen molar-refractivity contribution in [1.29, 1.82) is 0 Å². The molecule has 0 saturated carbocycles. The van der Waals surface area contributed by atoms with Gasteiger partial charge in [-0.3, -0.25) is 0 Å². The molecule has 0 saturated heterocycles. The Bertz CT molecular complexity index is 534. The first-order valence-electron chi connectivity index (χ1n) is 8.09. The van der Waals surface area contributed by atoms with Crippen LogP contribution in [0.15, 0.2) is 36.4 Å². The summed E-state index contributed by atoms with van der Waals surface area (Å²) < 4.78 is 13.0. The van der Waals surface area contributed by atoms with Crippen molar-refractivity contribution in [3.05, 3.63) is 47.8 Å². The number of benzene rings is 1. The zero-order valence-corrected chi connectivity index (χ0v) is 13.7. The molecule has 0 bridgehead atoms. The molecule has 126 valence electrons. The number of rotatable bonds is 6. The number of carbonyl (C=O) groups is 1. The predicted octanol–water partition coefficient (Wildman–Crippen LogP) is 3.25. The van der Waals surface area contributed by atoms with E-state index in [-0.39, 0.29) is 24.4 Å². The molecule has 0 aliphatic heterocycles. The lowest BCUT2D eigenvalue weighted by atomic mass is 10.1. The van der Waals surface area contributed by atoms with E-state index in [9.17, 15) is 14.3 Å². The van der Waals surface area contributed by atoms with Crippen molar-refractivity contribution in [2.75, 3.05) is 13.1 Å². The molecule has 2 rings (SSSR count). The van der Waals surface area contributed by atoms with Gasteiger partial charge in [-0.05, 0) is 36.5 Å². The first-order valence-corrected chi connectivity index (χ1v) is 8.09. The van der Waals surface area contributed by atoms with E-state index in [0.717, 1.165) is 12.8 Å². The maximum atomic E-state index is 13.0. The van der Waals surface area contributed by atoms with Gasteiger partial charge in [-0.1, -0.05) is 38.1 Å². The summed E-state index contributed by atoms with van der Waals surface area (Å²) in [6.45, 7) is 4.81. The minimum atomic E-state index is -0.832. The second-order valence-electron chi connectivity index (χ2n) is 6.46. The van der Waals surface area contributed by atoms with Crippen molar-refractivity contribution < 1.29 is 14.3 Å². The summed E-state index contributed by atoms with van der Waals surface area (Å²) in [7, 11) is 0. The molecule has 1 aromatic carbocycles. The Balaban J connectivity index is 1.98. The smallest absolute Gasteiger partial charge is 0.317 e. The van der Waals surface area contributed by atoms with Crippen molar-refractivity contribution in [2.45, 2.75) is 38.8 Å². The number of carbonyl (C=O) groups excluding carboxylic acids is 1. The largest absolute Gasteiger partial charge is 0.387 e. The SMILES string of the molecule is CC(C)CN(CC(O)c1ccc(F)cc1)C(=O)NC1CC=CC1. The Hall–Kier alpha value is -1.88. The summed E-state index contributed by atoms with van der Waals surface area (Å²) in [5.41, 5.74) is 0.607. The number of aliphatic hydroxyl groups is 1. The molecule has 4 nitrogen and oxygen atoms in total. The van der Waals surface area contributed by atoms with Gasteiger partial charge in [-0.2, -0.15) is 0 Å². The first-order chi connectivity index (χ1) is 11.0. The van der Waals surface area contributed by atoms with E-state index >= 15 is 0 Å². The number of aliphatic hydroxyl groups excluding tert-OH is 1. The highest BCUT2D eigenvalue weighted by Gasteiger charge is 2.22. The van der Waals surface area contributed by atoms with Crippen LogP contribution in [0.25, 0.3) is 0 Å². The Morgan fingerprint density at radius 3 is 2.43 bits per heavy atom. The fourth-order valence-corrected chi connectivity index (χ4v) is 2.68. The quantitative estimate of drug-likeness (QED) is 0.791. The third-order valence-electron chi connectivity index (χ3n) is 3.86. The second-order valence-corrected chi connectivity index (χ2v) is 6.46. The molecule has 5 heteroatoms. The maximum absolute atomic E-state index is 13.0. The molecule has 2 N–H and O–H groups in total. The third kappa shape index (κ3) is 5.36. The van der Waals surface area contributed by atoms with E-state index in [1.165, 1.54) is 12.1 Å². The molecule has 0 radical (unpaired) electrons. The van der Waals surface area contributed by atoms with Crippen LogP contribution in [0.3, 0.4) is 0 Å². The maximum Gasteiger partial charge on any atom is 0.317 e. The molecule has 1 aliphatic carbocycles. The van der Waals surface area contributed by atoms with Crippen LogP contribution in [0.2, 0.25) is 0 Å². The van der Waals surface area contributed by atoms with Crippen molar-refractivity contribution in [3.8, 4) is 0 Å². The molecule has 1 atom stereocenters. The lowest BCUT2D eigenvalue weighted by Crippen LogP contribution is -2.47. The van der Waals surface area contributed by atoms with Crippen LogP contribution in [0.5, 0.6) is 0 Å². The molecular weight excluding hydrogens is 295 g/mol. The third-order valence-corrected chi connectivity index (χ3v) is 3.86. The second kappa shape index (κ2) is 8.11. The molecule has 0 aromatic heterocycles. The molecule has 23 heavy (non-hydrogen) atoms. The van der Waals surface area contributed by atoms with Gasteiger partial charge in [0.2, 0.25) is 0 Å². The molecule has 0 spiro atoms.